The van der Waals surface area contributed by atoms with Gasteiger partial charge in [0.1, 0.15) is 5.54 Å². The van der Waals surface area contributed by atoms with E-state index in [2.05, 4.69) is 35.7 Å². The van der Waals surface area contributed by atoms with E-state index >= 15 is 0 Å². The molecular formula is C14H18N2S. The van der Waals surface area contributed by atoms with E-state index in [1.54, 1.807) is 0 Å². The van der Waals surface area contributed by atoms with Crippen LogP contribution >= 0.6 is 11.8 Å². The van der Waals surface area contributed by atoms with Crippen LogP contribution in [0.5, 0.6) is 0 Å². The molecule has 1 aliphatic rings. The van der Waals surface area contributed by atoms with Crippen molar-refractivity contribution in [2.24, 2.45) is 5.92 Å². The smallest absolute Gasteiger partial charge is 0.118 e. The minimum absolute atomic E-state index is 0.306. The summed E-state index contributed by atoms with van der Waals surface area (Å²) in [5, 5.41) is 12.6. The van der Waals surface area contributed by atoms with Crippen molar-refractivity contribution in [2.75, 3.05) is 12.8 Å². The van der Waals surface area contributed by atoms with Crippen LogP contribution in [0.3, 0.4) is 0 Å². The molecule has 0 aliphatic heterocycles. The molecule has 1 fully saturated rings. The zero-order valence-electron chi connectivity index (χ0n) is 10.1. The van der Waals surface area contributed by atoms with Crippen LogP contribution in [0.2, 0.25) is 0 Å². The van der Waals surface area contributed by atoms with E-state index in [1.165, 1.54) is 18.4 Å². The maximum Gasteiger partial charge on any atom is 0.118 e. The first kappa shape index (κ1) is 12.5. The lowest BCUT2D eigenvalue weighted by molar-refractivity contribution is 0.441. The molecule has 2 nitrogen and oxygen atoms in total. The van der Waals surface area contributed by atoms with Crippen LogP contribution in [-0.4, -0.2) is 18.3 Å². The maximum atomic E-state index is 9.36. The van der Waals surface area contributed by atoms with Gasteiger partial charge in [0.05, 0.1) is 6.07 Å². The Morgan fingerprint density at radius 1 is 1.41 bits per heavy atom. The quantitative estimate of drug-likeness (QED) is 0.838. The highest BCUT2D eigenvalue weighted by atomic mass is 32.2. The summed E-state index contributed by atoms with van der Waals surface area (Å²) in [6, 6.07) is 12.9. The van der Waals surface area contributed by atoms with Crippen molar-refractivity contribution in [3.8, 4) is 6.07 Å². The average Bonchev–Trinajstić information content (AvgIpc) is 3.21. The van der Waals surface area contributed by atoms with Crippen molar-refractivity contribution < 1.29 is 0 Å². The normalized spacial score (nSPS) is 18.4. The number of thioether (sulfide) groups is 1. The van der Waals surface area contributed by atoms with Gasteiger partial charge in [0, 0.05) is 11.5 Å². The van der Waals surface area contributed by atoms with Gasteiger partial charge in [-0.25, -0.2) is 0 Å². The van der Waals surface area contributed by atoms with Crippen LogP contribution in [-0.2, 0) is 5.75 Å². The number of hydrogen-bond donors (Lipinski definition) is 1. The molecule has 0 bridgehead atoms. The Morgan fingerprint density at radius 3 is 2.65 bits per heavy atom. The summed E-state index contributed by atoms with van der Waals surface area (Å²) in [7, 11) is 1.91. The molecule has 17 heavy (non-hydrogen) atoms. The van der Waals surface area contributed by atoms with Crippen molar-refractivity contribution >= 4 is 11.8 Å². The molecule has 0 spiro atoms. The summed E-state index contributed by atoms with van der Waals surface area (Å²) in [5.41, 5.74) is 1.02. The molecule has 1 aromatic rings. The van der Waals surface area contributed by atoms with E-state index in [0.717, 1.165) is 11.5 Å². The molecule has 0 saturated heterocycles. The summed E-state index contributed by atoms with van der Waals surface area (Å²) in [4.78, 5) is 0. The van der Waals surface area contributed by atoms with E-state index in [-0.39, 0.29) is 5.54 Å². The largest absolute Gasteiger partial charge is 0.302 e. The SMILES string of the molecule is CNC(C#N)(CSCc1ccccc1)C1CC1. The van der Waals surface area contributed by atoms with E-state index in [1.807, 2.05) is 24.9 Å². The zero-order valence-corrected chi connectivity index (χ0v) is 11.0. The lowest BCUT2D eigenvalue weighted by Gasteiger charge is -2.25. The summed E-state index contributed by atoms with van der Waals surface area (Å²) in [5.74, 6) is 2.42. The number of benzene rings is 1. The monoisotopic (exact) mass is 246 g/mol. The third-order valence-corrected chi connectivity index (χ3v) is 4.56. The Balaban J connectivity index is 1.86. The Hall–Kier alpha value is -0.980. The van der Waals surface area contributed by atoms with Gasteiger partial charge in [-0.15, -0.1) is 0 Å². The molecule has 1 aromatic carbocycles. The molecule has 0 radical (unpaired) electrons. The number of hydrogen-bond acceptors (Lipinski definition) is 3. The fraction of sp³-hybridized carbons (Fsp3) is 0.500. The van der Waals surface area contributed by atoms with E-state index < -0.39 is 0 Å². The maximum absolute atomic E-state index is 9.36. The van der Waals surface area contributed by atoms with Crippen LogP contribution < -0.4 is 5.32 Å². The first-order valence-corrected chi connectivity index (χ1v) is 7.18. The molecule has 1 aliphatic carbocycles. The van der Waals surface area contributed by atoms with Crippen LogP contribution in [0, 0.1) is 17.2 Å². The molecule has 2 rings (SSSR count). The molecule has 0 amide bonds. The summed E-state index contributed by atoms with van der Waals surface area (Å²) >= 11 is 1.85. The molecule has 0 heterocycles. The minimum Gasteiger partial charge on any atom is -0.302 e. The van der Waals surface area contributed by atoms with Gasteiger partial charge in [0.25, 0.3) is 0 Å². The lowest BCUT2D eigenvalue weighted by atomic mass is 9.98. The highest BCUT2D eigenvalue weighted by Gasteiger charge is 2.44. The molecule has 1 N–H and O–H groups in total. The van der Waals surface area contributed by atoms with Crippen molar-refractivity contribution in [3.63, 3.8) is 0 Å². The Bertz CT molecular complexity index is 394. The van der Waals surface area contributed by atoms with Crippen LogP contribution in [0.25, 0.3) is 0 Å². The van der Waals surface area contributed by atoms with E-state index in [9.17, 15) is 5.26 Å². The van der Waals surface area contributed by atoms with Gasteiger partial charge in [0.15, 0.2) is 0 Å². The first-order chi connectivity index (χ1) is 8.30. The number of nitrogens with zero attached hydrogens (tertiary/aromatic N) is 1. The van der Waals surface area contributed by atoms with E-state index in [0.29, 0.717) is 5.92 Å². The highest BCUT2D eigenvalue weighted by Crippen LogP contribution is 2.41. The molecule has 3 heteroatoms. The summed E-state index contributed by atoms with van der Waals surface area (Å²) in [6.45, 7) is 0. The molecule has 1 unspecified atom stereocenters. The number of nitriles is 1. The fourth-order valence-corrected chi connectivity index (χ4v) is 3.35. The van der Waals surface area contributed by atoms with Gasteiger partial charge < -0.3 is 5.32 Å². The molecule has 0 aromatic heterocycles. The Labute approximate surface area is 107 Å². The summed E-state index contributed by atoms with van der Waals surface area (Å²) < 4.78 is 0. The molecule has 1 saturated carbocycles. The van der Waals surface area contributed by atoms with Crippen molar-refractivity contribution in [1.29, 1.82) is 5.26 Å². The third-order valence-electron chi connectivity index (χ3n) is 3.36. The summed E-state index contributed by atoms with van der Waals surface area (Å²) in [6.07, 6.45) is 2.39. The number of nitrogens with one attached hydrogen (secondary N) is 1. The van der Waals surface area contributed by atoms with Crippen LogP contribution in [0.15, 0.2) is 30.3 Å². The zero-order chi connectivity index (χ0) is 12.1. The first-order valence-electron chi connectivity index (χ1n) is 6.02. The topological polar surface area (TPSA) is 35.8 Å². The van der Waals surface area contributed by atoms with Gasteiger partial charge >= 0.3 is 0 Å². The number of rotatable bonds is 6. The Kier molecular flexibility index (Phi) is 4.09. The highest BCUT2D eigenvalue weighted by molar-refractivity contribution is 7.98. The fourth-order valence-electron chi connectivity index (χ4n) is 2.05. The molecule has 90 valence electrons. The van der Waals surface area contributed by atoms with Crippen molar-refractivity contribution in [1.82, 2.24) is 5.32 Å². The molecule has 1 atom stereocenters. The average molecular weight is 246 g/mol. The van der Waals surface area contributed by atoms with Crippen LogP contribution in [0.1, 0.15) is 18.4 Å². The van der Waals surface area contributed by atoms with Crippen molar-refractivity contribution in [2.45, 2.75) is 24.1 Å². The predicted molar refractivity (Wildman–Crippen MR) is 72.7 cm³/mol. The van der Waals surface area contributed by atoms with Gasteiger partial charge in [-0.05, 0) is 31.4 Å². The van der Waals surface area contributed by atoms with Gasteiger partial charge in [0.2, 0.25) is 0 Å². The minimum atomic E-state index is -0.306. The predicted octanol–water partition coefficient (Wildman–Crippen LogP) is 2.81. The van der Waals surface area contributed by atoms with Gasteiger partial charge in [-0.3, -0.25) is 0 Å². The van der Waals surface area contributed by atoms with E-state index in [4.69, 9.17) is 0 Å². The lowest BCUT2D eigenvalue weighted by Crippen LogP contribution is -2.46. The van der Waals surface area contributed by atoms with Gasteiger partial charge in [-0.2, -0.15) is 17.0 Å². The standard InChI is InChI=1S/C14H18N2S/c1-16-14(10-15,13-7-8-13)11-17-9-12-5-3-2-4-6-12/h2-6,13,16H,7-9,11H2,1H3. The second kappa shape index (κ2) is 5.57. The third kappa shape index (κ3) is 3.02. The van der Waals surface area contributed by atoms with Gasteiger partial charge in [-0.1, -0.05) is 30.3 Å². The van der Waals surface area contributed by atoms with Crippen molar-refractivity contribution in [3.05, 3.63) is 35.9 Å². The molecular weight excluding hydrogens is 228 g/mol. The second-order valence-electron chi connectivity index (χ2n) is 4.59. The van der Waals surface area contributed by atoms with Crippen LogP contribution in [0.4, 0.5) is 0 Å². The second-order valence-corrected chi connectivity index (χ2v) is 5.57. The Morgan fingerprint density at radius 2 is 2.12 bits per heavy atom.